The summed E-state index contributed by atoms with van der Waals surface area (Å²) in [6, 6.07) is 1.50. The lowest BCUT2D eigenvalue weighted by Gasteiger charge is -2.07. The minimum absolute atomic E-state index is 0. The summed E-state index contributed by atoms with van der Waals surface area (Å²) in [7, 11) is 1.86. The van der Waals surface area contributed by atoms with Crippen molar-refractivity contribution >= 4 is 36.6 Å². The fourth-order valence-corrected chi connectivity index (χ4v) is 2.74. The van der Waals surface area contributed by atoms with Gasteiger partial charge in [-0.05, 0) is 14.0 Å². The van der Waals surface area contributed by atoms with Crippen molar-refractivity contribution in [3.8, 4) is 0 Å². The smallest absolute Gasteiger partial charge is 0.251 e. The van der Waals surface area contributed by atoms with Gasteiger partial charge >= 0.3 is 0 Å². The van der Waals surface area contributed by atoms with E-state index in [0.29, 0.717) is 24.7 Å². The van der Waals surface area contributed by atoms with E-state index in [2.05, 4.69) is 32.1 Å². The van der Waals surface area contributed by atoms with Gasteiger partial charge in [0, 0.05) is 18.4 Å². The SMILES string of the molecule is C=CCn1c(CNC)nnc1SCc1cc(=O)[nH]c(C)n1.Cl.Cl. The molecular weight excluding hydrogens is 359 g/mol. The van der Waals surface area contributed by atoms with Crippen LogP contribution in [0.1, 0.15) is 17.3 Å². The first kappa shape index (κ1) is 21.6. The van der Waals surface area contributed by atoms with Crippen molar-refractivity contribution in [3.63, 3.8) is 0 Å². The quantitative estimate of drug-likeness (QED) is 0.563. The molecule has 0 saturated heterocycles. The predicted molar refractivity (Wildman–Crippen MR) is 96.6 cm³/mol. The Bertz CT molecular complexity index is 687. The van der Waals surface area contributed by atoms with E-state index < -0.39 is 0 Å². The molecular formula is C13H20Cl2N6OS. The van der Waals surface area contributed by atoms with Gasteiger partial charge in [0.1, 0.15) is 11.6 Å². The van der Waals surface area contributed by atoms with Gasteiger partial charge < -0.3 is 14.9 Å². The van der Waals surface area contributed by atoms with Crippen LogP contribution in [0.2, 0.25) is 0 Å². The van der Waals surface area contributed by atoms with Gasteiger partial charge in [-0.15, -0.1) is 41.6 Å². The maximum absolute atomic E-state index is 11.4. The van der Waals surface area contributed by atoms with Gasteiger partial charge in [0.05, 0.1) is 12.2 Å². The standard InChI is InChI=1S/C13H18N6OS.2ClH/c1-4-5-19-11(7-14-3)17-18-13(19)21-8-10-6-12(20)16-9(2)15-10;;/h4,6,14H,1,5,7-8H2,2-3H3,(H,15,16,20);2*1H. The van der Waals surface area contributed by atoms with E-state index in [-0.39, 0.29) is 30.4 Å². The van der Waals surface area contributed by atoms with Crippen molar-refractivity contribution in [3.05, 3.63) is 46.4 Å². The van der Waals surface area contributed by atoms with Gasteiger partial charge in [-0.25, -0.2) is 4.98 Å². The Hall–Kier alpha value is -1.35. The van der Waals surface area contributed by atoms with Crippen LogP contribution in [0, 0.1) is 6.92 Å². The van der Waals surface area contributed by atoms with E-state index >= 15 is 0 Å². The van der Waals surface area contributed by atoms with Crippen molar-refractivity contribution in [2.75, 3.05) is 7.05 Å². The first-order valence-electron chi connectivity index (χ1n) is 6.51. The van der Waals surface area contributed by atoms with Crippen LogP contribution in [-0.4, -0.2) is 31.8 Å². The fraction of sp³-hybridized carbons (Fsp3) is 0.385. The van der Waals surface area contributed by atoms with E-state index in [1.165, 1.54) is 17.8 Å². The van der Waals surface area contributed by atoms with E-state index in [1.54, 1.807) is 6.92 Å². The van der Waals surface area contributed by atoms with Crippen LogP contribution in [0.4, 0.5) is 0 Å². The van der Waals surface area contributed by atoms with E-state index in [0.717, 1.165) is 16.7 Å². The molecule has 0 unspecified atom stereocenters. The molecule has 0 aromatic carbocycles. The molecule has 0 saturated carbocycles. The molecule has 10 heteroatoms. The Labute approximate surface area is 151 Å². The summed E-state index contributed by atoms with van der Waals surface area (Å²) in [4.78, 5) is 18.4. The normalized spacial score (nSPS) is 9.83. The van der Waals surface area contributed by atoms with Crippen molar-refractivity contribution in [2.45, 2.75) is 30.9 Å². The molecule has 23 heavy (non-hydrogen) atoms. The van der Waals surface area contributed by atoms with Crippen molar-refractivity contribution in [1.82, 2.24) is 30.0 Å². The molecule has 0 aliphatic heterocycles. The minimum atomic E-state index is -0.137. The number of halogens is 2. The molecule has 0 amide bonds. The molecule has 7 nitrogen and oxygen atoms in total. The van der Waals surface area contributed by atoms with Crippen LogP contribution in [0.5, 0.6) is 0 Å². The highest BCUT2D eigenvalue weighted by atomic mass is 35.5. The molecule has 2 rings (SSSR count). The van der Waals surface area contributed by atoms with E-state index in [1.807, 2.05) is 17.7 Å². The van der Waals surface area contributed by atoms with Gasteiger partial charge in [0.2, 0.25) is 0 Å². The second-order valence-electron chi connectivity index (χ2n) is 4.44. The number of H-pyrrole nitrogens is 1. The summed E-state index contributed by atoms with van der Waals surface area (Å²) in [5, 5.41) is 12.2. The zero-order valence-electron chi connectivity index (χ0n) is 12.9. The average molecular weight is 379 g/mol. The summed E-state index contributed by atoms with van der Waals surface area (Å²) < 4.78 is 1.99. The zero-order valence-corrected chi connectivity index (χ0v) is 15.4. The molecule has 0 aliphatic carbocycles. The number of aromatic amines is 1. The Balaban J connectivity index is 0.00000242. The molecule has 0 spiro atoms. The van der Waals surface area contributed by atoms with Crippen LogP contribution >= 0.6 is 36.6 Å². The summed E-state index contributed by atoms with van der Waals surface area (Å²) in [5.41, 5.74) is 0.589. The van der Waals surface area contributed by atoms with Crippen molar-refractivity contribution < 1.29 is 0 Å². The lowest BCUT2D eigenvalue weighted by Crippen LogP contribution is -2.12. The highest BCUT2D eigenvalue weighted by Gasteiger charge is 2.11. The topological polar surface area (TPSA) is 88.5 Å². The second kappa shape index (κ2) is 10.4. The maximum Gasteiger partial charge on any atom is 0.251 e. The molecule has 2 aromatic rings. The molecule has 0 atom stereocenters. The van der Waals surface area contributed by atoms with Gasteiger partial charge in [-0.1, -0.05) is 17.8 Å². The lowest BCUT2D eigenvalue weighted by molar-refractivity contribution is 0.646. The molecule has 0 aliphatic rings. The van der Waals surface area contributed by atoms with Crippen molar-refractivity contribution in [1.29, 1.82) is 0 Å². The third-order valence-electron chi connectivity index (χ3n) is 2.70. The summed E-state index contributed by atoms with van der Waals surface area (Å²) in [6.45, 7) is 6.81. The predicted octanol–water partition coefficient (Wildman–Crippen LogP) is 1.71. The number of aryl methyl sites for hydroxylation is 1. The van der Waals surface area contributed by atoms with Crippen LogP contribution in [0.15, 0.2) is 28.7 Å². The van der Waals surface area contributed by atoms with Gasteiger partial charge in [-0.2, -0.15) is 0 Å². The van der Waals surface area contributed by atoms with Crippen LogP contribution < -0.4 is 10.9 Å². The second-order valence-corrected chi connectivity index (χ2v) is 5.38. The Morgan fingerprint density at radius 2 is 2.17 bits per heavy atom. The van der Waals surface area contributed by atoms with Gasteiger partial charge in [-0.3, -0.25) is 4.79 Å². The number of hydrogen-bond acceptors (Lipinski definition) is 6. The molecule has 2 aromatic heterocycles. The fourth-order valence-electron chi connectivity index (χ4n) is 1.88. The molecule has 0 bridgehead atoms. The number of nitrogens with zero attached hydrogens (tertiary/aromatic N) is 4. The van der Waals surface area contributed by atoms with Gasteiger partial charge in [0.25, 0.3) is 5.56 Å². The molecule has 2 heterocycles. The Morgan fingerprint density at radius 1 is 1.43 bits per heavy atom. The number of nitrogens with one attached hydrogen (secondary N) is 2. The van der Waals surface area contributed by atoms with Crippen molar-refractivity contribution in [2.24, 2.45) is 0 Å². The highest BCUT2D eigenvalue weighted by Crippen LogP contribution is 2.20. The average Bonchev–Trinajstić information content (AvgIpc) is 2.79. The van der Waals surface area contributed by atoms with Crippen LogP contribution in [0.25, 0.3) is 0 Å². The molecule has 2 N–H and O–H groups in total. The molecule has 0 fully saturated rings. The van der Waals surface area contributed by atoms with Crippen LogP contribution in [0.3, 0.4) is 0 Å². The monoisotopic (exact) mass is 378 g/mol. The number of aromatic nitrogens is 5. The number of thioether (sulfide) groups is 1. The van der Waals surface area contributed by atoms with E-state index in [9.17, 15) is 4.79 Å². The van der Waals surface area contributed by atoms with E-state index in [4.69, 9.17) is 0 Å². The minimum Gasteiger partial charge on any atom is -0.313 e. The maximum atomic E-state index is 11.4. The lowest BCUT2D eigenvalue weighted by atomic mass is 10.4. The van der Waals surface area contributed by atoms with Crippen LogP contribution in [-0.2, 0) is 18.8 Å². The number of allylic oxidation sites excluding steroid dienone is 1. The first-order chi connectivity index (χ1) is 10.1. The Morgan fingerprint density at radius 3 is 2.78 bits per heavy atom. The summed E-state index contributed by atoms with van der Waals surface area (Å²) in [6.07, 6.45) is 1.81. The molecule has 0 radical (unpaired) electrons. The zero-order chi connectivity index (χ0) is 15.2. The van der Waals surface area contributed by atoms with Gasteiger partial charge in [0.15, 0.2) is 5.16 Å². The third kappa shape index (κ3) is 5.98. The number of rotatable bonds is 7. The number of hydrogen-bond donors (Lipinski definition) is 2. The molecule has 128 valence electrons. The Kier molecular flexibility index (Phi) is 9.82. The highest BCUT2D eigenvalue weighted by molar-refractivity contribution is 7.98. The summed E-state index contributed by atoms with van der Waals surface area (Å²) >= 11 is 1.50. The summed E-state index contributed by atoms with van der Waals surface area (Å²) in [5.74, 6) is 2.04. The largest absolute Gasteiger partial charge is 0.313 e. The third-order valence-corrected chi connectivity index (χ3v) is 3.70. The first-order valence-corrected chi connectivity index (χ1v) is 7.49.